The number of amides is 2. The number of halogens is 1. The highest BCUT2D eigenvalue weighted by atomic mass is 35.5. The number of benzene rings is 2. The van der Waals surface area contributed by atoms with Gasteiger partial charge in [0.25, 0.3) is 5.91 Å². The van der Waals surface area contributed by atoms with E-state index in [1.807, 2.05) is 44.2 Å². The van der Waals surface area contributed by atoms with Crippen molar-refractivity contribution in [2.24, 2.45) is 5.10 Å². The number of thioether (sulfide) groups is 1. The molecule has 2 aromatic carbocycles. The highest BCUT2D eigenvalue weighted by Crippen LogP contribution is 2.33. The van der Waals surface area contributed by atoms with E-state index in [0.717, 1.165) is 5.56 Å². The summed E-state index contributed by atoms with van der Waals surface area (Å²) < 4.78 is 5.39. The third kappa shape index (κ3) is 4.65. The zero-order chi connectivity index (χ0) is 23.5. The monoisotopic (exact) mass is 485 g/mol. The number of hydrogen-bond acceptors (Lipinski definition) is 7. The predicted molar refractivity (Wildman–Crippen MR) is 132 cm³/mol. The van der Waals surface area contributed by atoms with Gasteiger partial charge in [-0.05, 0) is 43.2 Å². The first kappa shape index (κ1) is 23.0. The second-order valence-corrected chi connectivity index (χ2v) is 9.06. The molecular formula is C23H24ClN5O3S. The average Bonchev–Trinajstić information content (AvgIpc) is 3.23. The van der Waals surface area contributed by atoms with E-state index in [0.29, 0.717) is 33.7 Å². The molecule has 4 rings (SSSR count). The van der Waals surface area contributed by atoms with Gasteiger partial charge in [-0.1, -0.05) is 48.5 Å². The molecule has 0 saturated carbocycles. The van der Waals surface area contributed by atoms with Crippen molar-refractivity contribution in [1.29, 1.82) is 0 Å². The Balaban J connectivity index is 1.46. The lowest BCUT2D eigenvalue weighted by atomic mass is 10.2. The molecule has 2 aliphatic rings. The SMILES string of the molecule is CCC(SC1=NNC2C(=O)N(c3ccccc3OC)C=CN12)C(=O)Nc1ccc(C)c(Cl)c1. The summed E-state index contributed by atoms with van der Waals surface area (Å²) in [6, 6.07) is 12.7. The second-order valence-electron chi connectivity index (χ2n) is 7.48. The molecule has 2 amide bonds. The number of ether oxygens (including phenoxy) is 1. The van der Waals surface area contributed by atoms with Crippen LogP contribution in [0.15, 0.2) is 60.0 Å². The maximum atomic E-state index is 13.2. The first-order chi connectivity index (χ1) is 15.9. The number of para-hydroxylation sites is 2. The number of carbonyl (C=O) groups is 2. The summed E-state index contributed by atoms with van der Waals surface area (Å²) in [5.41, 5.74) is 5.11. The summed E-state index contributed by atoms with van der Waals surface area (Å²) in [6.07, 6.45) is 3.33. The number of rotatable bonds is 6. The molecule has 2 aromatic rings. The minimum absolute atomic E-state index is 0.156. The van der Waals surface area contributed by atoms with Gasteiger partial charge in [-0.15, -0.1) is 0 Å². The average molecular weight is 486 g/mol. The van der Waals surface area contributed by atoms with Gasteiger partial charge < -0.3 is 10.1 Å². The molecule has 2 N–H and O–H groups in total. The Morgan fingerprint density at radius 3 is 2.82 bits per heavy atom. The molecule has 0 aromatic heterocycles. The quantitative estimate of drug-likeness (QED) is 0.640. The fourth-order valence-corrected chi connectivity index (χ4v) is 4.63. The molecule has 10 heteroatoms. The number of nitrogens with zero attached hydrogens (tertiary/aromatic N) is 3. The first-order valence-corrected chi connectivity index (χ1v) is 11.7. The summed E-state index contributed by atoms with van der Waals surface area (Å²) in [7, 11) is 1.56. The molecule has 2 aliphatic heterocycles. The molecule has 33 heavy (non-hydrogen) atoms. The highest BCUT2D eigenvalue weighted by Gasteiger charge is 2.40. The lowest BCUT2D eigenvalue weighted by Crippen LogP contribution is -2.52. The van der Waals surface area contributed by atoms with Gasteiger partial charge in [0, 0.05) is 23.1 Å². The summed E-state index contributed by atoms with van der Waals surface area (Å²) in [5, 5.41) is 7.98. The third-order valence-corrected chi connectivity index (χ3v) is 7.08. The van der Waals surface area contributed by atoms with Crippen LogP contribution >= 0.6 is 23.4 Å². The van der Waals surface area contributed by atoms with E-state index in [1.165, 1.54) is 16.7 Å². The van der Waals surface area contributed by atoms with Crippen LogP contribution in [0.1, 0.15) is 18.9 Å². The molecule has 2 heterocycles. The minimum Gasteiger partial charge on any atom is -0.495 e. The molecule has 2 atom stereocenters. The Hall–Kier alpha value is -3.17. The van der Waals surface area contributed by atoms with Crippen molar-refractivity contribution in [2.75, 3.05) is 17.3 Å². The molecule has 8 nitrogen and oxygen atoms in total. The van der Waals surface area contributed by atoms with E-state index >= 15 is 0 Å². The van der Waals surface area contributed by atoms with Crippen LogP contribution in [0, 0.1) is 6.92 Å². The lowest BCUT2D eigenvalue weighted by molar-refractivity contribution is -0.122. The van der Waals surface area contributed by atoms with Gasteiger partial charge in [0.15, 0.2) is 5.17 Å². The lowest BCUT2D eigenvalue weighted by Gasteiger charge is -2.32. The van der Waals surface area contributed by atoms with Crippen molar-refractivity contribution in [3.8, 4) is 5.75 Å². The van der Waals surface area contributed by atoms with Gasteiger partial charge in [0.2, 0.25) is 12.1 Å². The fourth-order valence-electron chi connectivity index (χ4n) is 3.47. The van der Waals surface area contributed by atoms with E-state index in [2.05, 4.69) is 15.8 Å². The van der Waals surface area contributed by atoms with Crippen LogP contribution < -0.4 is 20.4 Å². The molecule has 0 saturated heterocycles. The van der Waals surface area contributed by atoms with Crippen molar-refractivity contribution < 1.29 is 14.3 Å². The van der Waals surface area contributed by atoms with Crippen LogP contribution in [0.3, 0.4) is 0 Å². The standard InChI is InChI=1S/C23H24ClN5O3S/c1-4-19(21(30)25-15-10-9-14(2)16(24)13-15)33-23-27-26-20-22(31)28(11-12-29(20)23)17-7-5-6-8-18(17)32-3/h5-13,19-20,26H,4H2,1-3H3,(H,25,30). The van der Waals surface area contributed by atoms with Gasteiger partial charge in [-0.3, -0.25) is 24.8 Å². The fraction of sp³-hybridized carbons (Fsp3) is 0.261. The number of fused-ring (bicyclic) bond motifs is 1. The molecule has 2 unspecified atom stereocenters. The molecule has 172 valence electrons. The number of anilines is 2. The van der Waals surface area contributed by atoms with E-state index in [4.69, 9.17) is 16.3 Å². The number of amidine groups is 1. The van der Waals surface area contributed by atoms with E-state index in [-0.39, 0.29) is 11.8 Å². The Kier molecular flexibility index (Phi) is 6.80. The van der Waals surface area contributed by atoms with E-state index in [1.54, 1.807) is 36.5 Å². The minimum atomic E-state index is -0.695. The molecular weight excluding hydrogens is 462 g/mol. The summed E-state index contributed by atoms with van der Waals surface area (Å²) in [6.45, 7) is 3.84. The van der Waals surface area contributed by atoms with Gasteiger partial charge in [0.05, 0.1) is 18.0 Å². The van der Waals surface area contributed by atoms with Gasteiger partial charge in [0.1, 0.15) is 5.75 Å². The molecule has 0 spiro atoms. The van der Waals surface area contributed by atoms with Gasteiger partial charge in [-0.2, -0.15) is 5.10 Å². The zero-order valence-corrected chi connectivity index (χ0v) is 20.0. The van der Waals surface area contributed by atoms with Gasteiger partial charge in [-0.25, -0.2) is 0 Å². The molecule has 0 bridgehead atoms. The van der Waals surface area contributed by atoms with Crippen LogP contribution in [0.5, 0.6) is 5.75 Å². The Morgan fingerprint density at radius 2 is 2.09 bits per heavy atom. The normalized spacial score (nSPS) is 17.9. The number of hydrogen-bond donors (Lipinski definition) is 2. The van der Waals surface area contributed by atoms with Crippen LogP contribution in [0.4, 0.5) is 11.4 Å². The maximum Gasteiger partial charge on any atom is 0.276 e. The summed E-state index contributed by atoms with van der Waals surface area (Å²) in [4.78, 5) is 29.3. The van der Waals surface area contributed by atoms with Crippen LogP contribution in [-0.2, 0) is 9.59 Å². The molecule has 0 fully saturated rings. The van der Waals surface area contributed by atoms with Crippen molar-refractivity contribution in [3.05, 3.63) is 65.5 Å². The van der Waals surface area contributed by atoms with Gasteiger partial charge >= 0.3 is 0 Å². The first-order valence-electron chi connectivity index (χ1n) is 10.4. The molecule has 0 radical (unpaired) electrons. The Labute approximate surface area is 201 Å². The smallest absolute Gasteiger partial charge is 0.276 e. The summed E-state index contributed by atoms with van der Waals surface area (Å²) in [5.74, 6) is 0.237. The van der Waals surface area contributed by atoms with E-state index < -0.39 is 11.4 Å². The topological polar surface area (TPSA) is 86.3 Å². The van der Waals surface area contributed by atoms with E-state index in [9.17, 15) is 9.59 Å². The summed E-state index contributed by atoms with van der Waals surface area (Å²) >= 11 is 7.47. The number of hydrazone groups is 1. The number of methoxy groups -OCH3 is 1. The van der Waals surface area contributed by atoms with Crippen LogP contribution in [0.2, 0.25) is 5.02 Å². The van der Waals surface area contributed by atoms with Crippen LogP contribution in [0.25, 0.3) is 0 Å². The zero-order valence-electron chi connectivity index (χ0n) is 18.4. The number of aryl methyl sites for hydroxylation is 1. The Bertz CT molecular complexity index is 1140. The molecule has 0 aliphatic carbocycles. The third-order valence-electron chi connectivity index (χ3n) is 5.32. The van der Waals surface area contributed by atoms with Crippen LogP contribution in [-0.4, -0.2) is 40.4 Å². The second kappa shape index (κ2) is 9.76. The number of nitrogens with one attached hydrogen (secondary N) is 2. The van der Waals surface area contributed by atoms with Crippen molar-refractivity contribution in [2.45, 2.75) is 31.7 Å². The maximum absolute atomic E-state index is 13.2. The number of carbonyl (C=O) groups excluding carboxylic acids is 2. The highest BCUT2D eigenvalue weighted by molar-refractivity contribution is 8.14. The van der Waals surface area contributed by atoms with Crippen molar-refractivity contribution >= 4 is 51.7 Å². The predicted octanol–water partition coefficient (Wildman–Crippen LogP) is 4.13. The van der Waals surface area contributed by atoms with Crippen molar-refractivity contribution in [3.63, 3.8) is 0 Å². The Morgan fingerprint density at radius 1 is 1.30 bits per heavy atom. The van der Waals surface area contributed by atoms with Crippen molar-refractivity contribution in [1.82, 2.24) is 10.3 Å². The largest absolute Gasteiger partial charge is 0.495 e.